The summed E-state index contributed by atoms with van der Waals surface area (Å²) in [6, 6.07) is 10.0. The number of nitrogens with one attached hydrogen (secondary N) is 1. The molecule has 4 aromatic rings. The highest BCUT2D eigenvalue weighted by Gasteiger charge is 2.27. The topological polar surface area (TPSA) is 62.1 Å². The van der Waals surface area contributed by atoms with Gasteiger partial charge in [-0.25, -0.2) is 0 Å². The van der Waals surface area contributed by atoms with Crippen molar-refractivity contribution in [2.45, 2.75) is 64.3 Å². The van der Waals surface area contributed by atoms with Gasteiger partial charge in [-0.1, -0.05) is 19.9 Å². The van der Waals surface area contributed by atoms with E-state index >= 15 is 0 Å². The van der Waals surface area contributed by atoms with Crippen molar-refractivity contribution in [2.75, 3.05) is 24.6 Å². The number of hydrogen-bond acceptors (Lipinski definition) is 5. The molecule has 178 valence electrons. The SMILES string of the molecule is Cc1cc2nnnn2cc1-c1[nH]c2ccc(C3CCN(C4CCSCC4)CC3)cc2c1C(C)C. The quantitative estimate of drug-likeness (QED) is 0.406. The zero-order chi connectivity index (χ0) is 23.2. The van der Waals surface area contributed by atoms with Crippen LogP contribution in [0.15, 0.2) is 30.5 Å². The molecule has 2 fully saturated rings. The molecule has 0 saturated carbocycles. The van der Waals surface area contributed by atoms with Crippen LogP contribution in [0.4, 0.5) is 0 Å². The Morgan fingerprint density at radius 1 is 1.06 bits per heavy atom. The number of fused-ring (bicyclic) bond motifs is 2. The minimum absolute atomic E-state index is 0.411. The van der Waals surface area contributed by atoms with Crippen molar-refractivity contribution in [1.82, 2.24) is 29.9 Å². The molecule has 0 spiro atoms. The van der Waals surface area contributed by atoms with Crippen LogP contribution in [0.3, 0.4) is 0 Å². The summed E-state index contributed by atoms with van der Waals surface area (Å²) < 4.78 is 1.77. The zero-order valence-corrected chi connectivity index (χ0v) is 21.2. The third-order valence-corrected chi connectivity index (χ3v) is 9.01. The van der Waals surface area contributed by atoms with E-state index in [0.717, 1.165) is 11.7 Å². The van der Waals surface area contributed by atoms with Gasteiger partial charge < -0.3 is 9.88 Å². The minimum Gasteiger partial charge on any atom is -0.354 e. The van der Waals surface area contributed by atoms with Gasteiger partial charge in [0.05, 0.1) is 5.69 Å². The Morgan fingerprint density at radius 2 is 1.85 bits per heavy atom. The molecule has 6 nitrogen and oxygen atoms in total. The van der Waals surface area contributed by atoms with Crippen LogP contribution in [0.2, 0.25) is 0 Å². The van der Waals surface area contributed by atoms with Crippen LogP contribution in [0.5, 0.6) is 0 Å². The second-order valence-corrected chi connectivity index (χ2v) is 11.6. The van der Waals surface area contributed by atoms with Crippen molar-refractivity contribution < 1.29 is 0 Å². The molecule has 5 heterocycles. The first-order valence-corrected chi connectivity index (χ1v) is 13.9. The number of nitrogens with zero attached hydrogens (tertiary/aromatic N) is 5. The number of aromatic nitrogens is 5. The maximum absolute atomic E-state index is 4.13. The highest BCUT2D eigenvalue weighted by atomic mass is 32.2. The predicted octanol–water partition coefficient (Wildman–Crippen LogP) is 5.78. The molecule has 0 atom stereocenters. The lowest BCUT2D eigenvalue weighted by Gasteiger charge is -2.39. The Kier molecular flexibility index (Phi) is 5.86. The highest BCUT2D eigenvalue weighted by Crippen LogP contribution is 2.39. The van der Waals surface area contributed by atoms with Gasteiger partial charge in [0.15, 0.2) is 5.65 Å². The van der Waals surface area contributed by atoms with E-state index in [2.05, 4.69) is 88.4 Å². The van der Waals surface area contributed by atoms with Crippen LogP contribution in [0.1, 0.15) is 68.1 Å². The van der Waals surface area contributed by atoms with Crippen LogP contribution >= 0.6 is 11.8 Å². The first-order chi connectivity index (χ1) is 16.6. The van der Waals surface area contributed by atoms with Crippen molar-refractivity contribution in [1.29, 1.82) is 0 Å². The maximum Gasteiger partial charge on any atom is 0.179 e. The number of hydrogen-bond donors (Lipinski definition) is 1. The molecule has 0 bridgehead atoms. The van der Waals surface area contributed by atoms with Gasteiger partial charge in [0.2, 0.25) is 0 Å². The summed E-state index contributed by atoms with van der Waals surface area (Å²) in [5.74, 6) is 3.76. The van der Waals surface area contributed by atoms with Crippen molar-refractivity contribution >= 4 is 28.3 Å². The van der Waals surface area contributed by atoms with Crippen molar-refractivity contribution in [3.63, 3.8) is 0 Å². The van der Waals surface area contributed by atoms with Crippen LogP contribution in [0, 0.1) is 6.92 Å². The Hall–Kier alpha value is -2.38. The largest absolute Gasteiger partial charge is 0.354 e. The molecule has 34 heavy (non-hydrogen) atoms. The average molecular weight is 475 g/mol. The Labute approximate surface area is 205 Å². The number of H-pyrrole nitrogens is 1. The van der Waals surface area contributed by atoms with E-state index in [-0.39, 0.29) is 0 Å². The molecule has 2 aliphatic heterocycles. The molecule has 3 aromatic heterocycles. The lowest BCUT2D eigenvalue weighted by Crippen LogP contribution is -2.42. The van der Waals surface area contributed by atoms with E-state index in [9.17, 15) is 0 Å². The van der Waals surface area contributed by atoms with Gasteiger partial charge in [-0.15, -0.1) is 5.10 Å². The number of thioether (sulfide) groups is 1. The molecule has 1 N–H and O–H groups in total. The lowest BCUT2D eigenvalue weighted by molar-refractivity contribution is 0.144. The molecule has 0 unspecified atom stereocenters. The number of benzene rings is 1. The van der Waals surface area contributed by atoms with Crippen LogP contribution < -0.4 is 0 Å². The number of aryl methyl sites for hydroxylation is 1. The molecule has 2 saturated heterocycles. The molecular weight excluding hydrogens is 440 g/mol. The number of piperidine rings is 1. The summed E-state index contributed by atoms with van der Waals surface area (Å²) in [4.78, 5) is 6.53. The van der Waals surface area contributed by atoms with E-state index in [4.69, 9.17) is 0 Å². The summed E-state index contributed by atoms with van der Waals surface area (Å²) in [7, 11) is 0. The van der Waals surface area contributed by atoms with E-state index in [1.807, 2.05) is 0 Å². The molecular formula is C27H34N6S. The van der Waals surface area contributed by atoms with Crippen molar-refractivity contribution in [3.8, 4) is 11.3 Å². The van der Waals surface area contributed by atoms with Gasteiger partial charge in [-0.05, 0) is 114 Å². The standard InChI is InChI=1S/C27H34N6S/c1-17(2)26-22-15-20(19-6-10-32(11-7-19)21-8-12-34-13-9-21)4-5-24(22)28-27(26)23-16-33-25(14-18(23)3)29-30-31-33/h4-5,14-17,19,21,28H,6-13H2,1-3H3. The first-order valence-electron chi connectivity index (χ1n) is 12.7. The maximum atomic E-state index is 4.13. The predicted molar refractivity (Wildman–Crippen MR) is 141 cm³/mol. The van der Waals surface area contributed by atoms with Crippen molar-refractivity contribution in [3.05, 3.63) is 47.2 Å². The van der Waals surface area contributed by atoms with Gasteiger partial charge in [0.1, 0.15) is 0 Å². The smallest absolute Gasteiger partial charge is 0.179 e. The van der Waals surface area contributed by atoms with E-state index in [1.165, 1.54) is 89.1 Å². The summed E-state index contributed by atoms with van der Waals surface area (Å²) in [5, 5.41) is 13.4. The Bertz CT molecular complexity index is 1310. The van der Waals surface area contributed by atoms with Crippen molar-refractivity contribution in [2.24, 2.45) is 0 Å². The van der Waals surface area contributed by atoms with Gasteiger partial charge >= 0.3 is 0 Å². The number of aromatic amines is 1. The first kappa shape index (κ1) is 22.1. The fourth-order valence-corrected chi connectivity index (χ4v) is 7.17. The van der Waals surface area contributed by atoms with E-state index in [1.54, 1.807) is 4.52 Å². The van der Waals surface area contributed by atoms with Gasteiger partial charge in [-0.3, -0.25) is 0 Å². The number of pyridine rings is 1. The molecule has 6 rings (SSSR count). The normalized spacial score (nSPS) is 19.1. The highest BCUT2D eigenvalue weighted by molar-refractivity contribution is 7.99. The summed E-state index contributed by atoms with van der Waals surface area (Å²) in [5.41, 5.74) is 8.45. The second-order valence-electron chi connectivity index (χ2n) is 10.4. The molecule has 0 aliphatic carbocycles. The Balaban J connectivity index is 1.32. The molecule has 7 heteroatoms. The van der Waals surface area contributed by atoms with Gasteiger partial charge in [0, 0.05) is 28.7 Å². The van der Waals surface area contributed by atoms with Crippen LogP contribution in [-0.4, -0.2) is 60.6 Å². The summed E-state index contributed by atoms with van der Waals surface area (Å²) in [6.07, 6.45) is 7.36. The molecule has 2 aliphatic rings. The third kappa shape index (κ3) is 3.93. The van der Waals surface area contributed by atoms with Gasteiger partial charge in [0.25, 0.3) is 0 Å². The molecule has 0 radical (unpaired) electrons. The van der Waals surface area contributed by atoms with Crippen LogP contribution in [-0.2, 0) is 0 Å². The Morgan fingerprint density at radius 3 is 2.62 bits per heavy atom. The van der Waals surface area contributed by atoms with E-state index in [0.29, 0.717) is 11.8 Å². The fourth-order valence-electron chi connectivity index (χ4n) is 6.09. The summed E-state index contributed by atoms with van der Waals surface area (Å²) in [6.45, 7) is 9.23. The summed E-state index contributed by atoms with van der Waals surface area (Å²) >= 11 is 2.13. The number of likely N-dealkylation sites (tertiary alicyclic amines) is 1. The fraction of sp³-hybridized carbons (Fsp3) is 0.519. The number of tetrazole rings is 1. The lowest BCUT2D eigenvalue weighted by atomic mass is 9.86. The molecule has 0 amide bonds. The number of rotatable bonds is 4. The minimum atomic E-state index is 0.411. The average Bonchev–Trinajstić information content (AvgIpc) is 3.47. The van der Waals surface area contributed by atoms with E-state index < -0.39 is 0 Å². The van der Waals surface area contributed by atoms with Gasteiger partial charge in [-0.2, -0.15) is 16.3 Å². The monoisotopic (exact) mass is 474 g/mol. The van der Waals surface area contributed by atoms with Crippen LogP contribution in [0.25, 0.3) is 27.8 Å². The third-order valence-electron chi connectivity index (χ3n) is 7.96. The molecule has 1 aromatic carbocycles. The zero-order valence-electron chi connectivity index (χ0n) is 20.4. The second kappa shape index (κ2) is 9.00.